The van der Waals surface area contributed by atoms with Crippen LogP contribution in [-0.4, -0.2) is 18.1 Å². The molecule has 0 saturated heterocycles. The summed E-state index contributed by atoms with van der Waals surface area (Å²) in [6.07, 6.45) is 2.24. The number of rotatable bonds is 5. The van der Waals surface area contributed by atoms with Crippen molar-refractivity contribution in [3.8, 4) is 5.75 Å². The number of anilines is 1. The van der Waals surface area contributed by atoms with Gasteiger partial charge in [0.25, 0.3) is 0 Å². The normalized spacial score (nSPS) is 13.4. The summed E-state index contributed by atoms with van der Waals surface area (Å²) in [5, 5.41) is 2.56. The number of benzene rings is 2. The highest BCUT2D eigenvalue weighted by Gasteiger charge is 2.29. The third kappa shape index (κ3) is 3.93. The van der Waals surface area contributed by atoms with Crippen molar-refractivity contribution in [1.29, 1.82) is 0 Å². The molecule has 2 aromatic carbocycles. The summed E-state index contributed by atoms with van der Waals surface area (Å²) < 4.78 is 5.96. The number of hydrogen-bond donors (Lipinski definition) is 2. The van der Waals surface area contributed by atoms with Gasteiger partial charge in [-0.25, -0.2) is 21.5 Å². The molecule has 0 aliphatic heterocycles. The highest BCUT2D eigenvalue weighted by atomic mass is 35.5. The van der Waals surface area contributed by atoms with E-state index in [0.717, 1.165) is 39.5 Å². The maximum absolute atomic E-state index is 12.2. The molecule has 0 spiro atoms. The number of hydrazine groups is 2. The Hall–Kier alpha value is -2.28. The fourth-order valence-corrected chi connectivity index (χ4v) is 3.19. The van der Waals surface area contributed by atoms with Crippen LogP contribution in [-0.2, 0) is 6.61 Å². The lowest BCUT2D eigenvalue weighted by atomic mass is 10.0. The topological polar surface area (TPSA) is 84.8 Å². The number of aryl methyl sites for hydroxylation is 1. The second-order valence-electron chi connectivity index (χ2n) is 6.61. The van der Waals surface area contributed by atoms with Gasteiger partial charge < -0.3 is 4.74 Å². The van der Waals surface area contributed by atoms with Gasteiger partial charge in [-0.05, 0) is 55.0 Å². The van der Waals surface area contributed by atoms with Crippen LogP contribution < -0.4 is 21.4 Å². The summed E-state index contributed by atoms with van der Waals surface area (Å²) in [7, 11) is 1.45. The van der Waals surface area contributed by atoms with Crippen molar-refractivity contribution < 1.29 is 9.53 Å². The van der Waals surface area contributed by atoms with Crippen LogP contribution in [0.25, 0.3) is 0 Å². The summed E-state index contributed by atoms with van der Waals surface area (Å²) >= 11 is 6.27. The van der Waals surface area contributed by atoms with Crippen molar-refractivity contribution in [2.45, 2.75) is 32.3 Å². The number of urea groups is 1. The first-order valence-electron chi connectivity index (χ1n) is 8.46. The lowest BCUT2D eigenvalue weighted by Crippen LogP contribution is -2.49. The van der Waals surface area contributed by atoms with E-state index < -0.39 is 6.03 Å². The third-order valence-electron chi connectivity index (χ3n) is 4.43. The van der Waals surface area contributed by atoms with E-state index >= 15 is 0 Å². The van der Waals surface area contributed by atoms with Gasteiger partial charge in [-0.2, -0.15) is 0 Å². The van der Waals surface area contributed by atoms with Crippen LogP contribution in [0.15, 0.2) is 36.4 Å². The standard InChI is InChI=1S/C19H23ClN4O2/c1-12-6-9-18(16(20)10-12)26-11-15-14(13-7-8-13)4-3-5-17(15)24(22)19(25)23(2)21/h3-6,9-10,13H,7-8,11,21-22H2,1-2H3. The summed E-state index contributed by atoms with van der Waals surface area (Å²) in [6.45, 7) is 2.23. The van der Waals surface area contributed by atoms with E-state index in [0.29, 0.717) is 22.4 Å². The Kier molecular flexibility index (Phi) is 5.36. The van der Waals surface area contributed by atoms with E-state index in [9.17, 15) is 4.79 Å². The minimum Gasteiger partial charge on any atom is -0.487 e. The molecule has 0 atom stereocenters. The highest BCUT2D eigenvalue weighted by Crippen LogP contribution is 2.44. The van der Waals surface area contributed by atoms with Gasteiger partial charge in [-0.15, -0.1) is 0 Å². The molecular formula is C19H23ClN4O2. The van der Waals surface area contributed by atoms with Gasteiger partial charge in [0, 0.05) is 12.6 Å². The lowest BCUT2D eigenvalue weighted by molar-refractivity contribution is 0.216. The van der Waals surface area contributed by atoms with Gasteiger partial charge >= 0.3 is 6.03 Å². The Morgan fingerprint density at radius 2 is 2.00 bits per heavy atom. The predicted octanol–water partition coefficient (Wildman–Crippen LogP) is 3.71. The Balaban J connectivity index is 1.92. The summed E-state index contributed by atoms with van der Waals surface area (Å²) in [5.74, 6) is 12.6. The zero-order valence-corrected chi connectivity index (χ0v) is 15.7. The molecule has 0 aromatic heterocycles. The average Bonchev–Trinajstić information content (AvgIpc) is 3.44. The van der Waals surface area contributed by atoms with E-state index in [1.807, 2.05) is 31.2 Å². The monoisotopic (exact) mass is 374 g/mol. The van der Waals surface area contributed by atoms with E-state index in [1.165, 1.54) is 7.05 Å². The molecule has 3 rings (SSSR count). The van der Waals surface area contributed by atoms with Crippen LogP contribution in [0.5, 0.6) is 5.75 Å². The molecule has 6 nitrogen and oxygen atoms in total. The summed E-state index contributed by atoms with van der Waals surface area (Å²) in [5.41, 5.74) is 3.67. The van der Waals surface area contributed by atoms with E-state index in [4.69, 9.17) is 28.0 Å². The molecule has 2 aromatic rings. The molecule has 0 heterocycles. The number of amides is 2. The number of carbonyl (C=O) groups excluding carboxylic acids is 1. The smallest absolute Gasteiger partial charge is 0.352 e. The van der Waals surface area contributed by atoms with Crippen molar-refractivity contribution in [3.63, 3.8) is 0 Å². The molecular weight excluding hydrogens is 352 g/mol. The van der Waals surface area contributed by atoms with Crippen molar-refractivity contribution in [2.24, 2.45) is 11.7 Å². The zero-order valence-electron chi connectivity index (χ0n) is 14.9. The number of carbonyl (C=O) groups is 1. The maximum Gasteiger partial charge on any atom is 0.352 e. The van der Waals surface area contributed by atoms with Gasteiger partial charge in [-0.3, -0.25) is 5.01 Å². The quantitative estimate of drug-likeness (QED) is 0.474. The summed E-state index contributed by atoms with van der Waals surface area (Å²) in [4.78, 5) is 12.2. The van der Waals surface area contributed by atoms with E-state index in [-0.39, 0.29) is 6.61 Å². The van der Waals surface area contributed by atoms with Gasteiger partial charge in [-0.1, -0.05) is 29.8 Å². The lowest BCUT2D eigenvalue weighted by Gasteiger charge is -2.25. The largest absolute Gasteiger partial charge is 0.487 e. The molecule has 7 heteroatoms. The van der Waals surface area contributed by atoms with Crippen molar-refractivity contribution in [1.82, 2.24) is 5.01 Å². The number of hydrogen-bond acceptors (Lipinski definition) is 4. The van der Waals surface area contributed by atoms with Gasteiger partial charge in [0.05, 0.1) is 10.7 Å². The number of ether oxygens (including phenoxy) is 1. The maximum atomic E-state index is 12.2. The molecule has 1 aliphatic rings. The minimum atomic E-state index is -0.507. The Bertz CT molecular complexity index is 821. The summed E-state index contributed by atoms with van der Waals surface area (Å²) in [6, 6.07) is 10.9. The molecule has 1 fully saturated rings. The van der Waals surface area contributed by atoms with Gasteiger partial charge in [0.1, 0.15) is 12.4 Å². The Labute approximate surface area is 158 Å². The molecule has 4 N–H and O–H groups in total. The number of halogens is 1. The van der Waals surface area contributed by atoms with E-state index in [2.05, 4.69) is 6.07 Å². The first-order chi connectivity index (χ1) is 12.4. The minimum absolute atomic E-state index is 0.264. The SMILES string of the molecule is Cc1ccc(OCc2c(C3CC3)cccc2N(N)C(=O)N(C)N)c(Cl)c1. The van der Waals surface area contributed by atoms with Crippen LogP contribution in [0.4, 0.5) is 10.5 Å². The fraction of sp³-hybridized carbons (Fsp3) is 0.316. The molecule has 0 radical (unpaired) electrons. The van der Waals surface area contributed by atoms with Crippen LogP contribution >= 0.6 is 11.6 Å². The first kappa shape index (κ1) is 18.5. The Morgan fingerprint density at radius 1 is 1.27 bits per heavy atom. The second kappa shape index (κ2) is 7.53. The predicted molar refractivity (Wildman–Crippen MR) is 103 cm³/mol. The van der Waals surface area contributed by atoms with Gasteiger partial charge in [0.15, 0.2) is 0 Å². The van der Waals surface area contributed by atoms with E-state index in [1.54, 1.807) is 6.07 Å². The molecule has 1 saturated carbocycles. The van der Waals surface area contributed by atoms with Crippen LogP contribution in [0.1, 0.15) is 35.4 Å². The number of nitrogens with two attached hydrogens (primary N) is 2. The molecule has 1 aliphatic carbocycles. The molecule has 0 unspecified atom stereocenters. The first-order valence-corrected chi connectivity index (χ1v) is 8.84. The van der Waals surface area contributed by atoms with Crippen LogP contribution in [0.2, 0.25) is 5.02 Å². The molecule has 2 amide bonds. The highest BCUT2D eigenvalue weighted by molar-refractivity contribution is 6.32. The third-order valence-corrected chi connectivity index (χ3v) is 4.73. The van der Waals surface area contributed by atoms with Crippen molar-refractivity contribution >= 4 is 23.3 Å². The second-order valence-corrected chi connectivity index (χ2v) is 7.01. The number of nitrogens with zero attached hydrogens (tertiary/aromatic N) is 2. The molecule has 0 bridgehead atoms. The fourth-order valence-electron chi connectivity index (χ4n) is 2.90. The van der Waals surface area contributed by atoms with Crippen molar-refractivity contribution in [2.75, 3.05) is 12.1 Å². The Morgan fingerprint density at radius 3 is 2.62 bits per heavy atom. The molecule has 138 valence electrons. The molecule has 26 heavy (non-hydrogen) atoms. The average molecular weight is 375 g/mol. The van der Waals surface area contributed by atoms with Crippen LogP contribution in [0.3, 0.4) is 0 Å². The van der Waals surface area contributed by atoms with Gasteiger partial charge in [0.2, 0.25) is 0 Å². The van der Waals surface area contributed by atoms with Crippen molar-refractivity contribution in [3.05, 3.63) is 58.1 Å². The van der Waals surface area contributed by atoms with Crippen LogP contribution in [0, 0.1) is 6.92 Å². The zero-order chi connectivity index (χ0) is 18.8.